The summed E-state index contributed by atoms with van der Waals surface area (Å²) in [4.78, 5) is 0. The van der Waals surface area contributed by atoms with Gasteiger partial charge in [0, 0.05) is 0 Å². The molecule has 3 fully saturated rings. The van der Waals surface area contributed by atoms with Gasteiger partial charge in [-0.05, 0) is 91.2 Å². The highest BCUT2D eigenvalue weighted by atomic mass is 19.1. The maximum absolute atomic E-state index is 14.4. The lowest BCUT2D eigenvalue weighted by Crippen LogP contribution is -2.30. The second-order valence-electron chi connectivity index (χ2n) is 11.7. The number of fused-ring (bicyclic) bond motifs is 1. The van der Waals surface area contributed by atoms with E-state index in [2.05, 4.69) is 19.6 Å². The first-order chi connectivity index (χ1) is 15.7. The lowest BCUT2D eigenvalue weighted by molar-refractivity contribution is 0.108. The van der Waals surface area contributed by atoms with Crippen molar-refractivity contribution in [3.63, 3.8) is 0 Å². The molecule has 0 amide bonds. The molecule has 1 aromatic carbocycles. The topological polar surface area (TPSA) is 0 Å². The van der Waals surface area contributed by atoms with Crippen LogP contribution in [0.25, 0.3) is 0 Å². The van der Waals surface area contributed by atoms with Crippen molar-refractivity contribution in [1.29, 1.82) is 0 Å². The molecule has 3 aliphatic rings. The highest BCUT2D eigenvalue weighted by molar-refractivity contribution is 5.28. The number of benzene rings is 1. The van der Waals surface area contributed by atoms with Gasteiger partial charge in [-0.1, -0.05) is 89.3 Å². The monoisotopic (exact) mass is 438 g/mol. The zero-order valence-corrected chi connectivity index (χ0v) is 20.7. The summed E-state index contributed by atoms with van der Waals surface area (Å²) in [6.07, 6.45) is 24.0. The second-order valence-corrected chi connectivity index (χ2v) is 11.7. The molecule has 0 aliphatic heterocycles. The van der Waals surface area contributed by atoms with Gasteiger partial charge >= 0.3 is 0 Å². The third-order valence-electron chi connectivity index (χ3n) is 9.55. The summed E-state index contributed by atoms with van der Waals surface area (Å²) < 4.78 is 14.4. The first kappa shape index (κ1) is 24.0. The van der Waals surface area contributed by atoms with Gasteiger partial charge < -0.3 is 0 Å². The van der Waals surface area contributed by atoms with Crippen LogP contribution in [0.15, 0.2) is 30.9 Å². The quantitative estimate of drug-likeness (QED) is 0.337. The van der Waals surface area contributed by atoms with Crippen molar-refractivity contribution in [2.75, 3.05) is 0 Å². The molecule has 32 heavy (non-hydrogen) atoms. The third-order valence-corrected chi connectivity index (χ3v) is 9.55. The summed E-state index contributed by atoms with van der Waals surface area (Å²) in [7, 11) is 0. The van der Waals surface area contributed by atoms with E-state index in [0.29, 0.717) is 12.3 Å². The van der Waals surface area contributed by atoms with Crippen LogP contribution >= 0.6 is 0 Å². The maximum atomic E-state index is 14.4. The Balaban J connectivity index is 1.20. The maximum Gasteiger partial charge on any atom is 0.126 e. The molecule has 0 N–H and O–H groups in total. The zero-order valence-electron chi connectivity index (χ0n) is 20.7. The number of unbranched alkanes of at least 4 members (excludes halogenated alkanes) is 1. The minimum atomic E-state index is -0.0346. The predicted octanol–water partition coefficient (Wildman–Crippen LogP) is 9.63. The molecular formula is C31H47F. The highest BCUT2D eigenvalue weighted by Crippen LogP contribution is 2.49. The minimum absolute atomic E-state index is 0.0346. The molecule has 4 unspecified atom stereocenters. The Morgan fingerprint density at radius 2 is 1.50 bits per heavy atom. The van der Waals surface area contributed by atoms with E-state index >= 15 is 0 Å². The molecule has 1 heteroatoms. The van der Waals surface area contributed by atoms with E-state index in [9.17, 15) is 4.39 Å². The SMILES string of the molecule is C=CCc1ccc(C2CCC3CC(CCC4CCC(CCCC)CC4)CCC3C2)cc1F. The average molecular weight is 439 g/mol. The van der Waals surface area contributed by atoms with Crippen molar-refractivity contribution in [2.24, 2.45) is 29.6 Å². The number of hydrogen-bond donors (Lipinski definition) is 0. The van der Waals surface area contributed by atoms with Crippen LogP contribution in [0.4, 0.5) is 4.39 Å². The smallest absolute Gasteiger partial charge is 0.126 e. The molecule has 0 aromatic heterocycles. The molecule has 0 radical (unpaired) electrons. The molecule has 178 valence electrons. The van der Waals surface area contributed by atoms with Crippen LogP contribution in [-0.4, -0.2) is 0 Å². The number of rotatable bonds is 9. The summed E-state index contributed by atoms with van der Waals surface area (Å²) in [6, 6.07) is 6.01. The van der Waals surface area contributed by atoms with Crippen LogP contribution < -0.4 is 0 Å². The average Bonchev–Trinajstić information content (AvgIpc) is 2.83. The Hall–Kier alpha value is -1.11. The minimum Gasteiger partial charge on any atom is -0.207 e. The lowest BCUT2D eigenvalue weighted by atomic mass is 9.63. The van der Waals surface area contributed by atoms with E-state index in [-0.39, 0.29) is 5.82 Å². The molecule has 4 rings (SSSR count). The molecule has 3 aliphatic carbocycles. The molecule has 0 heterocycles. The number of halogens is 1. The standard InChI is InChI=1S/C31H47F/c1-3-5-7-23-8-10-24(11-9-23)12-13-25-14-15-28-21-29(19-18-27(28)20-25)30-17-16-26(6-4-2)31(32)22-30/h4,16-17,22-25,27-29H,2-3,5-15,18-21H2,1H3. The van der Waals surface area contributed by atoms with Crippen LogP contribution in [0.5, 0.6) is 0 Å². The van der Waals surface area contributed by atoms with Crippen LogP contribution in [0.3, 0.4) is 0 Å². The Labute approximate surface area is 197 Å². The lowest BCUT2D eigenvalue weighted by Gasteiger charge is -2.43. The summed E-state index contributed by atoms with van der Waals surface area (Å²) in [5.74, 6) is 5.43. The van der Waals surface area contributed by atoms with Crippen molar-refractivity contribution < 1.29 is 4.39 Å². The summed E-state index contributed by atoms with van der Waals surface area (Å²) in [5.41, 5.74) is 2.03. The van der Waals surface area contributed by atoms with E-state index in [0.717, 1.165) is 35.2 Å². The molecule has 1 aromatic rings. The number of hydrogen-bond acceptors (Lipinski definition) is 0. The van der Waals surface area contributed by atoms with Gasteiger partial charge in [-0.2, -0.15) is 0 Å². The first-order valence-electron chi connectivity index (χ1n) is 14.0. The molecular weight excluding hydrogens is 391 g/mol. The van der Waals surface area contributed by atoms with Crippen molar-refractivity contribution in [1.82, 2.24) is 0 Å². The van der Waals surface area contributed by atoms with Gasteiger partial charge in [0.05, 0.1) is 0 Å². The third kappa shape index (κ3) is 6.27. The van der Waals surface area contributed by atoms with Gasteiger partial charge in [0.2, 0.25) is 0 Å². The van der Waals surface area contributed by atoms with E-state index < -0.39 is 0 Å². The Morgan fingerprint density at radius 3 is 2.22 bits per heavy atom. The molecule has 4 atom stereocenters. The van der Waals surface area contributed by atoms with Gasteiger partial charge in [0.15, 0.2) is 0 Å². The fourth-order valence-electron chi connectivity index (χ4n) is 7.46. The molecule has 0 nitrogen and oxygen atoms in total. The van der Waals surface area contributed by atoms with Gasteiger partial charge in [0.1, 0.15) is 5.82 Å². The summed E-state index contributed by atoms with van der Waals surface area (Å²) >= 11 is 0. The number of allylic oxidation sites excluding steroid dienone is 1. The fraction of sp³-hybridized carbons (Fsp3) is 0.742. The fourth-order valence-corrected chi connectivity index (χ4v) is 7.46. The zero-order chi connectivity index (χ0) is 22.3. The van der Waals surface area contributed by atoms with E-state index in [1.807, 2.05) is 12.1 Å². The Kier molecular flexibility index (Phi) is 8.90. The molecule has 0 bridgehead atoms. The van der Waals surface area contributed by atoms with Crippen LogP contribution in [-0.2, 0) is 6.42 Å². The van der Waals surface area contributed by atoms with Gasteiger partial charge in [-0.15, -0.1) is 6.58 Å². The molecule has 0 saturated heterocycles. The van der Waals surface area contributed by atoms with E-state index in [4.69, 9.17) is 0 Å². The molecule has 3 saturated carbocycles. The first-order valence-corrected chi connectivity index (χ1v) is 14.0. The normalized spacial score (nSPS) is 32.9. The highest BCUT2D eigenvalue weighted by Gasteiger charge is 2.36. The van der Waals surface area contributed by atoms with Crippen molar-refractivity contribution in [2.45, 2.75) is 116 Å². The van der Waals surface area contributed by atoms with E-state index in [1.165, 1.54) is 102 Å². The Bertz CT molecular complexity index is 713. The Morgan fingerprint density at radius 1 is 0.844 bits per heavy atom. The molecule has 0 spiro atoms. The predicted molar refractivity (Wildman–Crippen MR) is 135 cm³/mol. The van der Waals surface area contributed by atoms with Crippen molar-refractivity contribution in [3.8, 4) is 0 Å². The largest absolute Gasteiger partial charge is 0.207 e. The van der Waals surface area contributed by atoms with E-state index in [1.54, 1.807) is 6.08 Å². The van der Waals surface area contributed by atoms with Crippen molar-refractivity contribution in [3.05, 3.63) is 47.8 Å². The van der Waals surface area contributed by atoms with Crippen LogP contribution in [0.2, 0.25) is 0 Å². The van der Waals surface area contributed by atoms with Gasteiger partial charge in [-0.25, -0.2) is 4.39 Å². The van der Waals surface area contributed by atoms with Crippen LogP contribution in [0.1, 0.15) is 120 Å². The van der Waals surface area contributed by atoms with Gasteiger partial charge in [0.25, 0.3) is 0 Å². The van der Waals surface area contributed by atoms with Crippen LogP contribution in [0, 0.1) is 35.4 Å². The summed E-state index contributed by atoms with van der Waals surface area (Å²) in [5, 5.41) is 0. The van der Waals surface area contributed by atoms with Gasteiger partial charge in [-0.3, -0.25) is 0 Å². The summed E-state index contributed by atoms with van der Waals surface area (Å²) in [6.45, 7) is 6.07. The van der Waals surface area contributed by atoms with Crippen molar-refractivity contribution >= 4 is 0 Å². The second kappa shape index (κ2) is 11.8.